The molecule has 1 aromatic carbocycles. The molecule has 1 unspecified atom stereocenters. The minimum absolute atomic E-state index is 0.00720. The minimum Gasteiger partial charge on any atom is -0.444 e. The molecule has 1 N–H and O–H groups in total. The van der Waals surface area contributed by atoms with Crippen LogP contribution in [0.25, 0.3) is 0 Å². The summed E-state index contributed by atoms with van der Waals surface area (Å²) in [5, 5.41) is 10.8. The van der Waals surface area contributed by atoms with Gasteiger partial charge in [0.25, 0.3) is 0 Å². The van der Waals surface area contributed by atoms with E-state index in [1.807, 2.05) is 0 Å². The van der Waals surface area contributed by atoms with E-state index in [0.29, 0.717) is 13.0 Å². The van der Waals surface area contributed by atoms with E-state index in [4.69, 9.17) is 4.74 Å². The van der Waals surface area contributed by atoms with Crippen LogP contribution in [0.2, 0.25) is 0 Å². The molecule has 4 nitrogen and oxygen atoms in total. The highest BCUT2D eigenvalue weighted by molar-refractivity contribution is 9.10. The molecule has 1 amide bonds. The van der Waals surface area contributed by atoms with Crippen molar-refractivity contribution >= 4 is 22.0 Å². The number of amides is 1. The van der Waals surface area contributed by atoms with E-state index in [2.05, 4.69) is 15.9 Å². The summed E-state index contributed by atoms with van der Waals surface area (Å²) in [6.45, 7) is 5.94. The Morgan fingerprint density at radius 1 is 1.42 bits per heavy atom. The molecule has 3 rings (SSSR count). The zero-order valence-electron chi connectivity index (χ0n) is 15.2. The molecular weight excluding hydrogens is 408 g/mol. The summed E-state index contributed by atoms with van der Waals surface area (Å²) in [7, 11) is 0. The Balaban J connectivity index is 1.78. The van der Waals surface area contributed by atoms with E-state index in [1.165, 1.54) is 6.07 Å². The SMILES string of the molecule is CC(C)(C)OC(=O)N1CC2(CC2)C[C@H]1C(O)Cc1c(F)cc(F)cc1Br. The molecular formula is C19H24BrF2NO3. The summed E-state index contributed by atoms with van der Waals surface area (Å²) in [5.41, 5.74) is -0.362. The largest absolute Gasteiger partial charge is 0.444 e. The van der Waals surface area contributed by atoms with E-state index in [-0.39, 0.29) is 21.9 Å². The first-order valence-corrected chi connectivity index (χ1v) is 9.60. The van der Waals surface area contributed by atoms with Gasteiger partial charge in [-0.15, -0.1) is 0 Å². The fourth-order valence-corrected chi connectivity index (χ4v) is 4.18. The van der Waals surface area contributed by atoms with Gasteiger partial charge in [-0.2, -0.15) is 0 Å². The third kappa shape index (κ3) is 4.19. The summed E-state index contributed by atoms with van der Waals surface area (Å²) in [4.78, 5) is 14.2. The van der Waals surface area contributed by atoms with Gasteiger partial charge < -0.3 is 14.7 Å². The van der Waals surface area contributed by atoms with Gasteiger partial charge in [0.05, 0.1) is 12.1 Å². The number of benzene rings is 1. The molecule has 2 aliphatic rings. The first-order valence-electron chi connectivity index (χ1n) is 8.81. The van der Waals surface area contributed by atoms with Gasteiger partial charge in [0.15, 0.2) is 0 Å². The lowest BCUT2D eigenvalue weighted by atomic mass is 9.95. The van der Waals surface area contributed by atoms with E-state index < -0.39 is 35.5 Å². The summed E-state index contributed by atoms with van der Waals surface area (Å²) in [6.07, 6.45) is 1.29. The number of carbonyl (C=O) groups is 1. The third-order valence-electron chi connectivity index (χ3n) is 5.10. The molecule has 1 spiro atoms. The van der Waals surface area contributed by atoms with E-state index >= 15 is 0 Å². The number of carbonyl (C=O) groups excluding carboxylic acids is 1. The van der Waals surface area contributed by atoms with Crippen LogP contribution in [-0.4, -0.2) is 40.4 Å². The average molecular weight is 432 g/mol. The fraction of sp³-hybridized carbons (Fsp3) is 0.632. The molecule has 26 heavy (non-hydrogen) atoms. The summed E-state index contributed by atoms with van der Waals surface area (Å²) < 4.78 is 33.1. The zero-order chi connectivity index (χ0) is 19.3. The van der Waals surface area contributed by atoms with Crippen molar-refractivity contribution in [1.29, 1.82) is 0 Å². The molecule has 1 saturated carbocycles. The third-order valence-corrected chi connectivity index (χ3v) is 5.80. The molecule has 7 heteroatoms. The molecule has 0 radical (unpaired) electrons. The Morgan fingerprint density at radius 2 is 2.08 bits per heavy atom. The molecule has 0 bridgehead atoms. The number of rotatable bonds is 3. The molecule has 1 aliphatic heterocycles. The predicted molar refractivity (Wildman–Crippen MR) is 96.8 cm³/mol. The van der Waals surface area contributed by atoms with Gasteiger partial charge in [-0.25, -0.2) is 13.6 Å². The number of likely N-dealkylation sites (tertiary alicyclic amines) is 1. The maximum absolute atomic E-state index is 14.1. The highest BCUT2D eigenvalue weighted by Crippen LogP contribution is 2.55. The Hall–Kier alpha value is -1.21. The van der Waals surface area contributed by atoms with Gasteiger partial charge >= 0.3 is 6.09 Å². The Labute approximate surface area is 160 Å². The Morgan fingerprint density at radius 3 is 2.62 bits per heavy atom. The van der Waals surface area contributed by atoms with Crippen LogP contribution >= 0.6 is 15.9 Å². The van der Waals surface area contributed by atoms with Crippen molar-refractivity contribution in [2.75, 3.05) is 6.54 Å². The lowest BCUT2D eigenvalue weighted by Gasteiger charge is -2.31. The first-order chi connectivity index (χ1) is 12.0. The van der Waals surface area contributed by atoms with Crippen LogP contribution in [0.5, 0.6) is 0 Å². The number of nitrogens with zero attached hydrogens (tertiary/aromatic N) is 1. The van der Waals surface area contributed by atoms with Crippen LogP contribution in [0, 0.1) is 17.0 Å². The Kier molecular flexibility index (Phi) is 5.07. The van der Waals surface area contributed by atoms with Crippen LogP contribution < -0.4 is 0 Å². The predicted octanol–water partition coefficient (Wildman–Crippen LogP) is 4.42. The first kappa shape index (κ1) is 19.5. The van der Waals surface area contributed by atoms with Crippen molar-refractivity contribution in [1.82, 2.24) is 4.90 Å². The van der Waals surface area contributed by atoms with E-state index in [0.717, 1.165) is 18.9 Å². The molecule has 0 aromatic heterocycles. The van der Waals surface area contributed by atoms with Gasteiger partial charge in [-0.1, -0.05) is 15.9 Å². The number of hydrogen-bond acceptors (Lipinski definition) is 3. The van der Waals surface area contributed by atoms with Crippen LogP contribution in [0.1, 0.15) is 45.6 Å². The van der Waals surface area contributed by atoms with E-state index in [1.54, 1.807) is 25.7 Å². The van der Waals surface area contributed by atoms with Gasteiger partial charge in [-0.3, -0.25) is 0 Å². The van der Waals surface area contributed by atoms with Crippen LogP contribution in [0.4, 0.5) is 13.6 Å². The summed E-state index contributed by atoms with van der Waals surface area (Å²) in [5.74, 6) is -1.39. The highest BCUT2D eigenvalue weighted by Gasteiger charge is 2.55. The van der Waals surface area contributed by atoms with Crippen molar-refractivity contribution in [2.45, 2.75) is 64.2 Å². The van der Waals surface area contributed by atoms with Gasteiger partial charge in [0, 0.05) is 29.1 Å². The van der Waals surface area contributed by atoms with Crippen LogP contribution in [-0.2, 0) is 11.2 Å². The van der Waals surface area contributed by atoms with Gasteiger partial charge in [0.1, 0.15) is 17.2 Å². The molecule has 1 saturated heterocycles. The average Bonchev–Trinajstić information content (AvgIpc) is 3.11. The lowest BCUT2D eigenvalue weighted by Crippen LogP contribution is -2.45. The number of aliphatic hydroxyl groups is 1. The lowest BCUT2D eigenvalue weighted by molar-refractivity contribution is 0.00502. The minimum atomic E-state index is -0.959. The number of hydrogen-bond donors (Lipinski definition) is 1. The maximum Gasteiger partial charge on any atom is 0.410 e. The summed E-state index contributed by atoms with van der Waals surface area (Å²) in [6, 6.07) is 1.53. The number of ether oxygens (including phenoxy) is 1. The second-order valence-electron chi connectivity index (χ2n) is 8.50. The second-order valence-corrected chi connectivity index (χ2v) is 9.35. The standard InChI is InChI=1S/C19H24BrF2NO3/c1-18(2,3)26-17(25)23-10-19(4-5-19)9-15(23)16(24)8-12-13(20)6-11(21)7-14(12)22/h6-7,15-16,24H,4-5,8-10H2,1-3H3/t15-,16?/m0/s1. The monoisotopic (exact) mass is 431 g/mol. The molecule has 2 atom stereocenters. The highest BCUT2D eigenvalue weighted by atomic mass is 79.9. The number of aliphatic hydroxyl groups excluding tert-OH is 1. The molecule has 1 heterocycles. The van der Waals surface area contributed by atoms with Gasteiger partial charge in [-0.05, 0) is 51.5 Å². The van der Waals surface area contributed by atoms with Crippen molar-refractivity contribution in [3.8, 4) is 0 Å². The number of halogens is 3. The molecule has 1 aliphatic carbocycles. The Bertz CT molecular complexity index is 692. The van der Waals surface area contributed by atoms with Crippen LogP contribution in [0.15, 0.2) is 16.6 Å². The fourth-order valence-electron chi connectivity index (χ4n) is 3.61. The quantitative estimate of drug-likeness (QED) is 0.770. The van der Waals surface area contributed by atoms with Crippen molar-refractivity contribution in [3.05, 3.63) is 33.8 Å². The second kappa shape index (κ2) is 6.75. The van der Waals surface area contributed by atoms with Crippen molar-refractivity contribution < 1.29 is 23.4 Å². The van der Waals surface area contributed by atoms with Gasteiger partial charge in [0.2, 0.25) is 0 Å². The zero-order valence-corrected chi connectivity index (χ0v) is 16.8. The summed E-state index contributed by atoms with van der Waals surface area (Å²) >= 11 is 3.16. The normalized spacial score (nSPS) is 22.6. The smallest absolute Gasteiger partial charge is 0.410 e. The van der Waals surface area contributed by atoms with E-state index in [9.17, 15) is 18.7 Å². The van der Waals surface area contributed by atoms with Crippen LogP contribution in [0.3, 0.4) is 0 Å². The van der Waals surface area contributed by atoms with Crippen molar-refractivity contribution in [3.63, 3.8) is 0 Å². The topological polar surface area (TPSA) is 49.8 Å². The maximum atomic E-state index is 14.1. The molecule has 144 valence electrons. The molecule has 2 fully saturated rings. The molecule has 1 aromatic rings. The van der Waals surface area contributed by atoms with Crippen molar-refractivity contribution in [2.24, 2.45) is 5.41 Å².